The predicted molar refractivity (Wildman–Crippen MR) is 109 cm³/mol. The zero-order valence-corrected chi connectivity index (χ0v) is 16.8. The monoisotopic (exact) mass is 410 g/mol. The van der Waals surface area contributed by atoms with E-state index in [1.54, 1.807) is 30.5 Å². The highest BCUT2D eigenvalue weighted by molar-refractivity contribution is 5.85. The van der Waals surface area contributed by atoms with Gasteiger partial charge in [-0.3, -0.25) is 9.48 Å². The second kappa shape index (κ2) is 10.7. The van der Waals surface area contributed by atoms with E-state index in [-0.39, 0.29) is 30.7 Å². The summed E-state index contributed by atoms with van der Waals surface area (Å²) < 4.78 is 3.70. The third-order valence-electron chi connectivity index (χ3n) is 3.99. The maximum atomic E-state index is 12.5. The molecule has 2 aromatic heterocycles. The summed E-state index contributed by atoms with van der Waals surface area (Å²) in [5, 5.41) is 10.1. The van der Waals surface area contributed by atoms with Crippen LogP contribution in [-0.2, 0) is 24.9 Å². The highest BCUT2D eigenvalue weighted by atomic mass is 35.5. The number of rotatable bonds is 7. The topological polar surface area (TPSA) is 76.8 Å². The number of amides is 1. The number of nitrogens with zero attached hydrogens (tertiary/aromatic N) is 4. The molecule has 0 bridgehead atoms. The fourth-order valence-electron chi connectivity index (χ4n) is 2.76. The minimum Gasteiger partial charge on any atom is -0.350 e. The molecule has 0 saturated carbocycles. The maximum absolute atomic E-state index is 12.5. The molecule has 3 rings (SSSR count). The van der Waals surface area contributed by atoms with Gasteiger partial charge in [0.2, 0.25) is 5.91 Å². The zero-order chi connectivity index (χ0) is 17.6. The lowest BCUT2D eigenvalue weighted by atomic mass is 10.1. The molecule has 0 radical (unpaired) electrons. The number of likely N-dealkylation sites (N-methyl/N-ethyl adjacent to an activating group) is 1. The van der Waals surface area contributed by atoms with Crippen molar-refractivity contribution in [2.24, 2.45) is 7.05 Å². The van der Waals surface area contributed by atoms with Crippen molar-refractivity contribution in [1.29, 1.82) is 0 Å². The number of hydrogen-bond donors (Lipinski definition) is 2. The largest absolute Gasteiger partial charge is 0.350 e. The highest BCUT2D eigenvalue weighted by Crippen LogP contribution is 2.12. The van der Waals surface area contributed by atoms with Gasteiger partial charge in [-0.2, -0.15) is 5.10 Å². The fraction of sp³-hybridized carbons (Fsp3) is 0.278. The van der Waals surface area contributed by atoms with Gasteiger partial charge >= 0.3 is 0 Å². The molecule has 2 N–H and O–H groups in total. The van der Waals surface area contributed by atoms with Gasteiger partial charge in [-0.25, -0.2) is 4.98 Å². The van der Waals surface area contributed by atoms with E-state index in [1.807, 2.05) is 36.1 Å². The van der Waals surface area contributed by atoms with Crippen LogP contribution in [0.5, 0.6) is 0 Å². The molecule has 0 aliphatic rings. The summed E-state index contributed by atoms with van der Waals surface area (Å²) in [5.74, 6) is -0.0736. The first-order valence-corrected chi connectivity index (χ1v) is 8.13. The Hall–Kier alpha value is -2.35. The Morgan fingerprint density at radius 3 is 2.67 bits per heavy atom. The molecule has 1 unspecified atom stereocenters. The summed E-state index contributed by atoms with van der Waals surface area (Å²) in [5.41, 5.74) is 3.07. The second-order valence-corrected chi connectivity index (χ2v) is 5.94. The van der Waals surface area contributed by atoms with Crippen molar-refractivity contribution in [2.45, 2.75) is 19.1 Å². The Bertz CT molecular complexity index is 834. The van der Waals surface area contributed by atoms with E-state index in [0.717, 1.165) is 17.7 Å². The third-order valence-corrected chi connectivity index (χ3v) is 3.99. The summed E-state index contributed by atoms with van der Waals surface area (Å²) in [7, 11) is 3.60. The molecule has 0 fully saturated rings. The number of carbonyl (C=O) groups is 1. The Morgan fingerprint density at radius 1 is 1.26 bits per heavy atom. The van der Waals surface area contributed by atoms with Crippen LogP contribution in [0.15, 0.2) is 55.4 Å². The molecule has 1 atom stereocenters. The quantitative estimate of drug-likeness (QED) is 0.624. The predicted octanol–water partition coefficient (Wildman–Crippen LogP) is 2.09. The van der Waals surface area contributed by atoms with Gasteiger partial charge < -0.3 is 15.2 Å². The highest BCUT2D eigenvalue weighted by Gasteiger charge is 2.19. The van der Waals surface area contributed by atoms with Crippen LogP contribution in [0.25, 0.3) is 0 Å². The van der Waals surface area contributed by atoms with E-state index in [4.69, 9.17) is 0 Å². The van der Waals surface area contributed by atoms with E-state index in [9.17, 15) is 4.79 Å². The normalized spacial score (nSPS) is 11.2. The summed E-state index contributed by atoms with van der Waals surface area (Å²) in [6.45, 7) is 1.24. The smallest absolute Gasteiger partial charge is 0.242 e. The molecule has 2 heterocycles. The minimum atomic E-state index is -0.414. The molecule has 9 heteroatoms. The number of aromatic nitrogens is 4. The van der Waals surface area contributed by atoms with Crippen molar-refractivity contribution in [3.05, 3.63) is 72.1 Å². The SMILES string of the molecule is CNC(C(=O)NCc1cccc(Cn2ccnc2)c1)c1cnn(C)c1.Cl.Cl. The van der Waals surface area contributed by atoms with Crippen LogP contribution in [-0.4, -0.2) is 32.3 Å². The number of halogens is 2. The van der Waals surface area contributed by atoms with E-state index >= 15 is 0 Å². The second-order valence-electron chi connectivity index (χ2n) is 5.94. The molecule has 27 heavy (non-hydrogen) atoms. The molecule has 0 saturated heterocycles. The van der Waals surface area contributed by atoms with E-state index in [2.05, 4.69) is 32.8 Å². The van der Waals surface area contributed by atoms with Crippen molar-refractivity contribution < 1.29 is 4.79 Å². The van der Waals surface area contributed by atoms with Crippen LogP contribution in [0.2, 0.25) is 0 Å². The first kappa shape index (κ1) is 22.7. The Morgan fingerprint density at radius 2 is 2.04 bits per heavy atom. The van der Waals surface area contributed by atoms with Crippen molar-refractivity contribution in [2.75, 3.05) is 7.05 Å². The van der Waals surface area contributed by atoms with E-state index in [1.165, 1.54) is 5.56 Å². The van der Waals surface area contributed by atoms with E-state index < -0.39 is 6.04 Å². The van der Waals surface area contributed by atoms with E-state index in [0.29, 0.717) is 6.54 Å². The fourth-order valence-corrected chi connectivity index (χ4v) is 2.76. The first-order valence-electron chi connectivity index (χ1n) is 8.13. The molecular formula is C18H24Cl2N6O. The number of hydrogen-bond acceptors (Lipinski definition) is 4. The van der Waals surface area contributed by atoms with Gasteiger partial charge in [-0.1, -0.05) is 24.3 Å². The van der Waals surface area contributed by atoms with Gasteiger partial charge in [-0.05, 0) is 18.2 Å². The average molecular weight is 411 g/mol. The molecule has 1 aromatic carbocycles. The van der Waals surface area contributed by atoms with Crippen LogP contribution >= 0.6 is 24.8 Å². The lowest BCUT2D eigenvalue weighted by molar-refractivity contribution is -0.123. The van der Waals surface area contributed by atoms with Gasteiger partial charge in [0.05, 0.1) is 12.5 Å². The van der Waals surface area contributed by atoms with Crippen LogP contribution in [0.1, 0.15) is 22.7 Å². The average Bonchev–Trinajstić information content (AvgIpc) is 3.26. The molecule has 0 aliphatic carbocycles. The summed E-state index contributed by atoms with van der Waals surface area (Å²) >= 11 is 0. The van der Waals surface area contributed by atoms with Crippen LogP contribution in [0.3, 0.4) is 0 Å². The van der Waals surface area contributed by atoms with Crippen LogP contribution in [0, 0.1) is 0 Å². The third kappa shape index (κ3) is 6.09. The van der Waals surface area contributed by atoms with Gasteiger partial charge in [-0.15, -0.1) is 24.8 Å². The van der Waals surface area contributed by atoms with Crippen molar-refractivity contribution in [3.8, 4) is 0 Å². The molecule has 0 spiro atoms. The summed E-state index contributed by atoms with van der Waals surface area (Å²) in [6.07, 6.45) is 9.03. The minimum absolute atomic E-state index is 0. The number of nitrogens with one attached hydrogen (secondary N) is 2. The first-order chi connectivity index (χ1) is 12.2. The molecule has 3 aromatic rings. The standard InChI is InChI=1S/C18H22N6O.2ClH/c1-19-17(16-10-22-23(2)12-16)18(25)21-9-14-4-3-5-15(8-14)11-24-7-6-20-13-24;;/h3-8,10,12-13,17,19H,9,11H2,1-2H3,(H,21,25);2*1H. The van der Waals surface area contributed by atoms with Gasteiger partial charge in [0, 0.05) is 44.3 Å². The molecular weight excluding hydrogens is 387 g/mol. The van der Waals surface area contributed by atoms with Crippen molar-refractivity contribution in [1.82, 2.24) is 30.0 Å². The Kier molecular flexibility index (Phi) is 9.00. The number of benzene rings is 1. The summed E-state index contributed by atoms with van der Waals surface area (Å²) in [6, 6.07) is 7.76. The number of carbonyl (C=O) groups excluding carboxylic acids is 1. The Labute approximate surface area is 171 Å². The van der Waals surface area contributed by atoms with Gasteiger partial charge in [0.1, 0.15) is 6.04 Å². The molecule has 1 amide bonds. The lowest BCUT2D eigenvalue weighted by Crippen LogP contribution is -2.35. The molecule has 0 aliphatic heterocycles. The number of aryl methyl sites for hydroxylation is 1. The lowest BCUT2D eigenvalue weighted by Gasteiger charge is -2.15. The van der Waals surface area contributed by atoms with Gasteiger partial charge in [0.15, 0.2) is 0 Å². The van der Waals surface area contributed by atoms with Crippen LogP contribution in [0.4, 0.5) is 0 Å². The van der Waals surface area contributed by atoms with Gasteiger partial charge in [0.25, 0.3) is 0 Å². The Balaban J connectivity index is 0.00000182. The maximum Gasteiger partial charge on any atom is 0.242 e. The summed E-state index contributed by atoms with van der Waals surface area (Å²) in [4.78, 5) is 16.5. The number of imidazole rings is 1. The zero-order valence-electron chi connectivity index (χ0n) is 15.2. The molecule has 7 nitrogen and oxygen atoms in total. The van der Waals surface area contributed by atoms with Crippen molar-refractivity contribution >= 4 is 30.7 Å². The van der Waals surface area contributed by atoms with Crippen LogP contribution < -0.4 is 10.6 Å². The van der Waals surface area contributed by atoms with Crippen molar-refractivity contribution in [3.63, 3.8) is 0 Å². The molecule has 146 valence electrons.